The van der Waals surface area contributed by atoms with Gasteiger partial charge in [0.15, 0.2) is 0 Å². The van der Waals surface area contributed by atoms with E-state index in [-0.39, 0.29) is 9.09 Å². The maximum Gasteiger partial charge on any atom is 0.345 e. The van der Waals surface area contributed by atoms with Crippen molar-refractivity contribution in [3.05, 3.63) is 41.3 Å². The van der Waals surface area contributed by atoms with Crippen LogP contribution in [-0.4, -0.2) is 26.1 Å². The first-order chi connectivity index (χ1) is 9.94. The third kappa shape index (κ3) is 3.53. The summed E-state index contributed by atoms with van der Waals surface area (Å²) in [6, 6.07) is 9.16. The zero-order valence-corrected chi connectivity index (χ0v) is 12.7. The number of nitrogens with one attached hydrogen (secondary N) is 1. The van der Waals surface area contributed by atoms with Crippen LogP contribution in [0.3, 0.4) is 0 Å². The van der Waals surface area contributed by atoms with Gasteiger partial charge in [0.2, 0.25) is 0 Å². The predicted octanol–water partition coefficient (Wildman–Crippen LogP) is 2.65. The number of anilines is 1. The number of rotatable bonds is 6. The second-order valence-corrected chi connectivity index (χ2v) is 6.95. The third-order valence-electron chi connectivity index (χ3n) is 2.49. The van der Waals surface area contributed by atoms with E-state index in [9.17, 15) is 13.2 Å². The second kappa shape index (κ2) is 6.15. The number of sulfonamides is 1. The summed E-state index contributed by atoms with van der Waals surface area (Å²) >= 11 is 0.696. The van der Waals surface area contributed by atoms with Crippen molar-refractivity contribution in [3.8, 4) is 5.75 Å². The molecule has 0 unspecified atom stereocenters. The van der Waals surface area contributed by atoms with Crippen LogP contribution in [0.25, 0.3) is 0 Å². The van der Waals surface area contributed by atoms with Gasteiger partial charge in [0, 0.05) is 0 Å². The highest BCUT2D eigenvalue weighted by Crippen LogP contribution is 2.29. The lowest BCUT2D eigenvalue weighted by atomic mass is 10.3. The first-order valence-corrected chi connectivity index (χ1v) is 8.32. The fraction of sp³-hybridized carbons (Fsp3) is 0.154. The molecule has 6 nitrogen and oxygen atoms in total. The Balaban J connectivity index is 2.30. The van der Waals surface area contributed by atoms with E-state index in [0.29, 0.717) is 29.4 Å². The van der Waals surface area contributed by atoms with Crippen molar-refractivity contribution in [2.24, 2.45) is 0 Å². The van der Waals surface area contributed by atoms with E-state index in [2.05, 4.69) is 4.72 Å². The monoisotopic (exact) mass is 327 g/mol. The maximum atomic E-state index is 12.2. The number of aromatic carboxylic acids is 1. The number of carboxylic acid groups (broad SMARTS) is 1. The van der Waals surface area contributed by atoms with E-state index in [4.69, 9.17) is 9.84 Å². The summed E-state index contributed by atoms with van der Waals surface area (Å²) in [5.74, 6) is -0.741. The van der Waals surface area contributed by atoms with Crippen LogP contribution in [0.15, 0.2) is 40.6 Å². The lowest BCUT2D eigenvalue weighted by Crippen LogP contribution is -2.12. The lowest BCUT2D eigenvalue weighted by molar-refractivity contribution is 0.0702. The minimum Gasteiger partial charge on any atom is -0.492 e. The van der Waals surface area contributed by atoms with Gasteiger partial charge in [-0.15, -0.1) is 11.3 Å². The molecule has 1 aromatic heterocycles. The SMILES string of the molecule is CCOc1ccccc1NS(=O)(=O)c1ccc(C(=O)O)s1. The molecule has 0 aliphatic heterocycles. The van der Waals surface area contributed by atoms with Gasteiger partial charge in [0.1, 0.15) is 14.8 Å². The fourth-order valence-electron chi connectivity index (χ4n) is 1.61. The van der Waals surface area contributed by atoms with Crippen LogP contribution in [0.5, 0.6) is 5.75 Å². The lowest BCUT2D eigenvalue weighted by Gasteiger charge is -2.11. The standard InChI is InChI=1S/C13H13NO5S2/c1-2-19-10-6-4-3-5-9(10)14-21(17,18)12-8-7-11(20-12)13(15)16/h3-8,14H,2H2,1H3,(H,15,16). The number of carboxylic acids is 1. The van der Waals surface area contributed by atoms with E-state index in [0.717, 1.165) is 0 Å². The van der Waals surface area contributed by atoms with Crippen molar-refractivity contribution in [2.45, 2.75) is 11.1 Å². The van der Waals surface area contributed by atoms with Gasteiger partial charge in [0.05, 0.1) is 12.3 Å². The molecule has 1 heterocycles. The molecule has 1 aromatic carbocycles. The van der Waals surface area contributed by atoms with Crippen LogP contribution in [0.4, 0.5) is 5.69 Å². The Morgan fingerprint density at radius 1 is 1.29 bits per heavy atom. The average molecular weight is 327 g/mol. The Hall–Kier alpha value is -2.06. The molecule has 0 saturated carbocycles. The number of hydrogen-bond acceptors (Lipinski definition) is 5. The molecule has 0 aliphatic carbocycles. The summed E-state index contributed by atoms with van der Waals surface area (Å²) in [7, 11) is -3.84. The minimum atomic E-state index is -3.84. The molecule has 0 bridgehead atoms. The fourth-order valence-corrected chi connectivity index (χ4v) is 3.82. The smallest absolute Gasteiger partial charge is 0.345 e. The zero-order valence-electron chi connectivity index (χ0n) is 11.1. The molecule has 2 rings (SSSR count). The highest BCUT2D eigenvalue weighted by molar-refractivity contribution is 7.94. The van der Waals surface area contributed by atoms with Crippen molar-refractivity contribution < 1.29 is 23.1 Å². The van der Waals surface area contributed by atoms with Gasteiger partial charge in [-0.2, -0.15) is 0 Å². The molecule has 2 aromatic rings. The predicted molar refractivity (Wildman–Crippen MR) is 79.7 cm³/mol. The molecule has 21 heavy (non-hydrogen) atoms. The normalized spacial score (nSPS) is 11.1. The first kappa shape index (κ1) is 15.3. The Morgan fingerprint density at radius 2 is 2.00 bits per heavy atom. The summed E-state index contributed by atoms with van der Waals surface area (Å²) in [4.78, 5) is 10.8. The molecule has 0 atom stereocenters. The Morgan fingerprint density at radius 3 is 2.62 bits per heavy atom. The second-order valence-electron chi connectivity index (χ2n) is 3.96. The van der Waals surface area contributed by atoms with Gasteiger partial charge in [-0.1, -0.05) is 12.1 Å². The molecule has 0 saturated heterocycles. The van der Waals surface area contributed by atoms with Crippen molar-refractivity contribution in [1.29, 1.82) is 0 Å². The molecule has 8 heteroatoms. The highest BCUT2D eigenvalue weighted by Gasteiger charge is 2.20. The Kier molecular flexibility index (Phi) is 4.49. The summed E-state index contributed by atoms with van der Waals surface area (Å²) in [5.41, 5.74) is 0.310. The number of hydrogen-bond donors (Lipinski definition) is 2. The molecule has 0 aliphatic rings. The molecule has 0 fully saturated rings. The van der Waals surface area contributed by atoms with Gasteiger partial charge in [-0.25, -0.2) is 13.2 Å². The summed E-state index contributed by atoms with van der Waals surface area (Å²) in [6.07, 6.45) is 0. The van der Waals surface area contributed by atoms with E-state index >= 15 is 0 Å². The van der Waals surface area contributed by atoms with Crippen molar-refractivity contribution in [1.82, 2.24) is 0 Å². The largest absolute Gasteiger partial charge is 0.492 e. The number of benzene rings is 1. The van der Waals surface area contributed by atoms with Gasteiger partial charge in [-0.05, 0) is 31.2 Å². The van der Waals surface area contributed by atoms with Gasteiger partial charge < -0.3 is 9.84 Å². The molecular formula is C13H13NO5S2. The number of thiophene rings is 1. The first-order valence-electron chi connectivity index (χ1n) is 6.02. The van der Waals surface area contributed by atoms with Gasteiger partial charge in [-0.3, -0.25) is 4.72 Å². The number of ether oxygens (including phenoxy) is 1. The van der Waals surface area contributed by atoms with E-state index in [1.165, 1.54) is 12.1 Å². The summed E-state index contributed by atoms with van der Waals surface area (Å²) in [5, 5.41) is 8.84. The third-order valence-corrected chi connectivity index (χ3v) is 5.42. The number of carbonyl (C=O) groups is 1. The number of para-hydroxylation sites is 2. The van der Waals surface area contributed by atoms with Crippen molar-refractivity contribution in [3.63, 3.8) is 0 Å². The van der Waals surface area contributed by atoms with Crippen molar-refractivity contribution in [2.75, 3.05) is 11.3 Å². The quantitative estimate of drug-likeness (QED) is 0.851. The Bertz CT molecular complexity index is 751. The Labute approximate surface area is 126 Å². The molecule has 0 radical (unpaired) electrons. The van der Waals surface area contributed by atoms with Gasteiger partial charge >= 0.3 is 5.97 Å². The minimum absolute atomic E-state index is 0.0338. The van der Waals surface area contributed by atoms with Crippen LogP contribution in [0, 0.1) is 0 Å². The maximum absolute atomic E-state index is 12.2. The summed E-state index contributed by atoms with van der Waals surface area (Å²) in [6.45, 7) is 2.20. The van der Waals surface area contributed by atoms with Crippen LogP contribution >= 0.6 is 11.3 Å². The van der Waals surface area contributed by atoms with E-state index in [1.54, 1.807) is 31.2 Å². The van der Waals surface area contributed by atoms with E-state index < -0.39 is 16.0 Å². The van der Waals surface area contributed by atoms with Gasteiger partial charge in [0.25, 0.3) is 10.0 Å². The van der Waals surface area contributed by atoms with Crippen LogP contribution < -0.4 is 9.46 Å². The molecule has 0 spiro atoms. The molecule has 2 N–H and O–H groups in total. The highest BCUT2D eigenvalue weighted by atomic mass is 32.2. The van der Waals surface area contributed by atoms with Crippen LogP contribution in [0.2, 0.25) is 0 Å². The van der Waals surface area contributed by atoms with Crippen molar-refractivity contribution >= 4 is 33.0 Å². The van der Waals surface area contributed by atoms with Crippen LogP contribution in [-0.2, 0) is 10.0 Å². The van der Waals surface area contributed by atoms with E-state index in [1.807, 2.05) is 0 Å². The summed E-state index contributed by atoms with van der Waals surface area (Å²) < 4.78 is 32.2. The molecular weight excluding hydrogens is 314 g/mol. The molecule has 0 amide bonds. The average Bonchev–Trinajstić information content (AvgIpc) is 2.92. The van der Waals surface area contributed by atoms with Crippen LogP contribution in [0.1, 0.15) is 16.6 Å². The zero-order chi connectivity index (χ0) is 15.5. The topological polar surface area (TPSA) is 92.7 Å². The molecule has 112 valence electrons.